The first-order chi connectivity index (χ1) is 12.5. The summed E-state index contributed by atoms with van der Waals surface area (Å²) in [7, 11) is 1.22. The normalized spacial score (nSPS) is 13.5. The molecule has 3 rings (SSSR count). The number of halogens is 1. The van der Waals surface area contributed by atoms with Crippen LogP contribution in [0.3, 0.4) is 0 Å². The van der Waals surface area contributed by atoms with E-state index in [9.17, 15) is 9.59 Å². The number of nitrogens with zero attached hydrogens (tertiary/aromatic N) is 2. The molecule has 0 radical (unpaired) electrons. The molecule has 1 fully saturated rings. The average molecular weight is 378 g/mol. The number of carbonyl (C=O) groups excluding carboxylic acids is 2. The zero-order valence-electron chi connectivity index (χ0n) is 14.7. The molecule has 1 aromatic carbocycles. The standard InChI is InChI=1S/C18H19FN2O4S/c1-4-21(18(23)24-2)15-11(7-8-13(26-3)14(15)19)16(22)12-9-20-25-17(12)10-5-6-10/h7-10H,4-6H2,1-3H3. The number of rotatable bonds is 6. The van der Waals surface area contributed by atoms with E-state index in [0.29, 0.717) is 16.2 Å². The van der Waals surface area contributed by atoms with Gasteiger partial charge in [0.05, 0.1) is 24.6 Å². The fraction of sp³-hybridized carbons (Fsp3) is 0.389. The van der Waals surface area contributed by atoms with Gasteiger partial charge in [-0.15, -0.1) is 11.8 Å². The molecule has 1 saturated carbocycles. The van der Waals surface area contributed by atoms with Crippen molar-refractivity contribution >= 4 is 29.3 Å². The third kappa shape index (κ3) is 3.21. The molecule has 8 heteroatoms. The van der Waals surface area contributed by atoms with Crippen molar-refractivity contribution in [3.63, 3.8) is 0 Å². The average Bonchev–Trinajstić information content (AvgIpc) is 3.39. The van der Waals surface area contributed by atoms with E-state index in [1.807, 2.05) is 0 Å². The number of aromatic nitrogens is 1. The highest BCUT2D eigenvalue weighted by atomic mass is 32.2. The van der Waals surface area contributed by atoms with Gasteiger partial charge in [0.25, 0.3) is 0 Å². The highest BCUT2D eigenvalue weighted by molar-refractivity contribution is 7.98. The van der Waals surface area contributed by atoms with Crippen LogP contribution in [0.1, 0.15) is 47.4 Å². The minimum atomic E-state index is -0.730. The molecular formula is C18H19FN2O4S. The molecule has 0 spiro atoms. The maximum atomic E-state index is 15.1. The van der Waals surface area contributed by atoms with Crippen molar-refractivity contribution in [2.75, 3.05) is 24.8 Å². The lowest BCUT2D eigenvalue weighted by Crippen LogP contribution is -2.33. The Morgan fingerprint density at radius 3 is 2.69 bits per heavy atom. The Labute approximate surface area is 154 Å². The monoisotopic (exact) mass is 378 g/mol. The Balaban J connectivity index is 2.14. The van der Waals surface area contributed by atoms with Crippen LogP contribution in [0.2, 0.25) is 0 Å². The highest BCUT2D eigenvalue weighted by Gasteiger charge is 2.35. The van der Waals surface area contributed by atoms with Crippen molar-refractivity contribution in [3.8, 4) is 0 Å². The predicted molar refractivity (Wildman–Crippen MR) is 95.5 cm³/mol. The predicted octanol–water partition coefficient (Wildman–Crippen LogP) is 4.24. The fourth-order valence-corrected chi connectivity index (χ4v) is 3.32. The third-order valence-corrected chi connectivity index (χ3v) is 5.07. The van der Waals surface area contributed by atoms with Crippen LogP contribution in [-0.2, 0) is 4.74 Å². The Morgan fingerprint density at radius 2 is 2.12 bits per heavy atom. The molecule has 6 nitrogen and oxygen atoms in total. The summed E-state index contributed by atoms with van der Waals surface area (Å²) >= 11 is 1.20. The number of amides is 1. The molecule has 1 heterocycles. The second-order valence-electron chi connectivity index (χ2n) is 5.90. The van der Waals surface area contributed by atoms with Gasteiger partial charge in [0, 0.05) is 22.9 Å². The van der Waals surface area contributed by atoms with E-state index in [1.165, 1.54) is 37.2 Å². The topological polar surface area (TPSA) is 72.6 Å². The van der Waals surface area contributed by atoms with E-state index in [2.05, 4.69) is 5.16 Å². The largest absolute Gasteiger partial charge is 0.452 e. The van der Waals surface area contributed by atoms with Crippen LogP contribution < -0.4 is 4.90 Å². The molecule has 2 aromatic rings. The molecule has 0 bridgehead atoms. The van der Waals surface area contributed by atoms with E-state index in [0.717, 1.165) is 17.7 Å². The van der Waals surface area contributed by atoms with E-state index in [1.54, 1.807) is 13.2 Å². The lowest BCUT2D eigenvalue weighted by atomic mass is 10.00. The number of ketones is 1. The summed E-state index contributed by atoms with van der Waals surface area (Å²) in [6, 6.07) is 3.06. The zero-order chi connectivity index (χ0) is 18.8. The van der Waals surface area contributed by atoms with Crippen LogP contribution in [0.4, 0.5) is 14.9 Å². The van der Waals surface area contributed by atoms with Gasteiger partial charge in [-0.3, -0.25) is 9.69 Å². The van der Waals surface area contributed by atoms with Crippen molar-refractivity contribution in [3.05, 3.63) is 41.0 Å². The minimum Gasteiger partial charge on any atom is -0.452 e. The van der Waals surface area contributed by atoms with E-state index in [-0.39, 0.29) is 23.7 Å². The van der Waals surface area contributed by atoms with Crippen LogP contribution in [0.5, 0.6) is 0 Å². The summed E-state index contributed by atoms with van der Waals surface area (Å²) in [5.41, 5.74) is 0.308. The van der Waals surface area contributed by atoms with Gasteiger partial charge in [-0.1, -0.05) is 5.16 Å². The summed E-state index contributed by atoms with van der Waals surface area (Å²) in [6.45, 7) is 1.84. The van der Waals surface area contributed by atoms with Gasteiger partial charge in [0.1, 0.15) is 0 Å². The van der Waals surface area contributed by atoms with Crippen molar-refractivity contribution in [2.24, 2.45) is 0 Å². The van der Waals surface area contributed by atoms with E-state index >= 15 is 4.39 Å². The van der Waals surface area contributed by atoms with Crippen LogP contribution in [0, 0.1) is 5.82 Å². The van der Waals surface area contributed by atoms with Gasteiger partial charge in [-0.2, -0.15) is 0 Å². The highest BCUT2D eigenvalue weighted by Crippen LogP contribution is 2.43. The van der Waals surface area contributed by atoms with E-state index < -0.39 is 17.7 Å². The van der Waals surface area contributed by atoms with Crippen molar-refractivity contribution in [2.45, 2.75) is 30.6 Å². The first kappa shape index (κ1) is 18.4. The number of benzene rings is 1. The van der Waals surface area contributed by atoms with Crippen molar-refractivity contribution < 1.29 is 23.2 Å². The Bertz CT molecular complexity index is 848. The summed E-state index contributed by atoms with van der Waals surface area (Å²) in [6.07, 6.45) is 4.22. The fourth-order valence-electron chi connectivity index (χ4n) is 2.84. The lowest BCUT2D eigenvalue weighted by Gasteiger charge is -2.23. The van der Waals surface area contributed by atoms with Gasteiger partial charge >= 0.3 is 6.09 Å². The zero-order valence-corrected chi connectivity index (χ0v) is 15.6. The number of ether oxygens (including phenoxy) is 1. The molecule has 0 atom stereocenters. The minimum absolute atomic E-state index is 0.0812. The second kappa shape index (κ2) is 7.49. The molecule has 0 unspecified atom stereocenters. The van der Waals surface area contributed by atoms with E-state index in [4.69, 9.17) is 9.26 Å². The first-order valence-corrected chi connectivity index (χ1v) is 9.47. The van der Waals surface area contributed by atoms with Gasteiger partial charge < -0.3 is 9.26 Å². The number of anilines is 1. The number of hydrogen-bond donors (Lipinski definition) is 0. The summed E-state index contributed by atoms with van der Waals surface area (Å²) in [5.74, 6) is -0.341. The number of carbonyl (C=O) groups is 2. The molecule has 0 aliphatic heterocycles. The molecule has 138 valence electrons. The van der Waals surface area contributed by atoms with Crippen LogP contribution in [0.15, 0.2) is 27.7 Å². The van der Waals surface area contributed by atoms with Crippen LogP contribution in [-0.4, -0.2) is 36.9 Å². The smallest absolute Gasteiger partial charge is 0.414 e. The van der Waals surface area contributed by atoms with Crippen molar-refractivity contribution in [1.29, 1.82) is 0 Å². The van der Waals surface area contributed by atoms with Crippen LogP contribution >= 0.6 is 11.8 Å². The lowest BCUT2D eigenvalue weighted by molar-refractivity contribution is 0.103. The number of methoxy groups -OCH3 is 1. The number of hydrogen-bond acceptors (Lipinski definition) is 6. The molecule has 0 saturated heterocycles. The maximum absolute atomic E-state index is 15.1. The van der Waals surface area contributed by atoms with Gasteiger partial charge in [-0.25, -0.2) is 9.18 Å². The second-order valence-corrected chi connectivity index (χ2v) is 6.75. The van der Waals surface area contributed by atoms with Crippen LogP contribution in [0.25, 0.3) is 0 Å². The molecule has 1 aromatic heterocycles. The Hall–Kier alpha value is -2.35. The Morgan fingerprint density at radius 1 is 1.38 bits per heavy atom. The first-order valence-electron chi connectivity index (χ1n) is 8.24. The number of thioether (sulfide) groups is 1. The van der Waals surface area contributed by atoms with Gasteiger partial charge in [0.2, 0.25) is 0 Å². The van der Waals surface area contributed by atoms with Gasteiger partial charge in [-0.05, 0) is 38.2 Å². The Kier molecular flexibility index (Phi) is 5.31. The molecular weight excluding hydrogens is 359 g/mol. The summed E-state index contributed by atoms with van der Waals surface area (Å²) in [5, 5.41) is 3.73. The molecule has 0 N–H and O–H groups in total. The quantitative estimate of drug-likeness (QED) is 0.553. The molecule has 26 heavy (non-hydrogen) atoms. The maximum Gasteiger partial charge on any atom is 0.414 e. The molecule has 1 aliphatic rings. The summed E-state index contributed by atoms with van der Waals surface area (Å²) in [4.78, 5) is 26.7. The molecule has 1 amide bonds. The SMILES string of the molecule is CCN(C(=O)OC)c1c(C(=O)c2cnoc2C2CC2)ccc(SC)c1F. The summed E-state index contributed by atoms with van der Waals surface area (Å²) < 4.78 is 25.1. The van der Waals surface area contributed by atoms with Gasteiger partial charge in [0.15, 0.2) is 17.4 Å². The third-order valence-electron chi connectivity index (χ3n) is 4.32. The molecule has 1 aliphatic carbocycles. The van der Waals surface area contributed by atoms with Crippen molar-refractivity contribution in [1.82, 2.24) is 5.16 Å².